The highest BCUT2D eigenvalue weighted by Crippen LogP contribution is 2.37. The largest absolute Gasteiger partial charge is 0.397 e. The Labute approximate surface area is 378 Å². The summed E-state index contributed by atoms with van der Waals surface area (Å²) in [6.45, 7) is 8.69. The maximum absolute atomic E-state index is 14.3. The van der Waals surface area contributed by atoms with Gasteiger partial charge in [0.25, 0.3) is 8.32 Å². The molecule has 2 aliphatic rings. The van der Waals surface area contributed by atoms with E-state index in [2.05, 4.69) is 61.0 Å². The fraction of sp³-hybridized carbons (Fsp3) is 0.340. The summed E-state index contributed by atoms with van der Waals surface area (Å²) < 4.78 is 7.02. The van der Waals surface area contributed by atoms with Crippen molar-refractivity contribution in [2.75, 3.05) is 6.54 Å². The first-order valence-electron chi connectivity index (χ1n) is 22.6. The van der Waals surface area contributed by atoms with Crippen LogP contribution in [0.4, 0.5) is 0 Å². The van der Waals surface area contributed by atoms with Crippen LogP contribution >= 0.6 is 0 Å². The van der Waals surface area contributed by atoms with Gasteiger partial charge in [0.15, 0.2) is 5.78 Å². The summed E-state index contributed by atoms with van der Waals surface area (Å²) in [5.74, 6) is -1.86. The Kier molecular flexibility index (Phi) is 14.7. The third kappa shape index (κ3) is 10.6. The number of ketones is 1. The standard InChI is InChI=1S/C53H60N4O6Si/c1-37(63-64(53(2,3)4,42-24-11-6-12-25-42)43-26-13-7-14-27-43)48(58)30-16-8-15-28-44-49(59)55-45(36-39-31-32-40-22-17-18-23-41(40)34-39)50(60)56-46(35-38-20-9-5-10-21-38)52(62)57-33-19-29-47(57)51(61)54-44/h5-7,9-14,16-18,20-27,30-32,34,37,44-47H,8,15,19,28-29,33,35-36H2,1-4H3,(H,54,61)(H,55,59)(H,56,60)/b30-16+/t37-,44-,45-,46-,47+/m0/s1. The van der Waals surface area contributed by atoms with Crippen LogP contribution < -0.4 is 26.3 Å². The Morgan fingerprint density at radius 2 is 1.27 bits per heavy atom. The third-order valence-corrected chi connectivity index (χ3v) is 17.7. The minimum Gasteiger partial charge on any atom is -0.397 e. The normalized spacial score (nSPS) is 20.5. The molecule has 0 radical (unpaired) electrons. The first-order valence-corrected chi connectivity index (χ1v) is 24.5. The summed E-state index contributed by atoms with van der Waals surface area (Å²) in [7, 11) is -2.97. The SMILES string of the molecule is C[C@H](O[Si](c1ccccc1)(c1ccccc1)C(C)(C)C)C(=O)/C=C/CCC[C@@H]1NC(=O)[C@H]2CCCN2C(=O)[C@H](Cc2ccccc2)NC(=O)[C@H](Cc2ccc3ccccc3c2)NC1=O. The van der Waals surface area contributed by atoms with Gasteiger partial charge in [-0.15, -0.1) is 0 Å². The van der Waals surface area contributed by atoms with Crippen molar-refractivity contribution in [1.82, 2.24) is 20.9 Å². The molecule has 0 aliphatic carbocycles. The van der Waals surface area contributed by atoms with Crippen molar-refractivity contribution in [2.24, 2.45) is 0 Å². The molecule has 0 aromatic heterocycles. The number of nitrogens with zero attached hydrogens (tertiary/aromatic N) is 1. The van der Waals surface area contributed by atoms with Gasteiger partial charge in [-0.1, -0.05) is 160 Å². The molecule has 0 spiro atoms. The Morgan fingerprint density at radius 1 is 0.703 bits per heavy atom. The molecule has 10 nitrogen and oxygen atoms in total. The first kappa shape index (κ1) is 45.8. The second-order valence-corrected chi connectivity index (χ2v) is 22.4. The average molecular weight is 877 g/mol. The van der Waals surface area contributed by atoms with Gasteiger partial charge < -0.3 is 25.3 Å². The average Bonchev–Trinajstić information content (AvgIpc) is 3.80. The Balaban J connectivity index is 1.08. The van der Waals surface area contributed by atoms with Crippen molar-refractivity contribution < 1.29 is 28.4 Å². The second-order valence-electron chi connectivity index (χ2n) is 18.1. The van der Waals surface area contributed by atoms with Crippen LogP contribution in [0.25, 0.3) is 10.8 Å². The van der Waals surface area contributed by atoms with Gasteiger partial charge in [0.2, 0.25) is 23.6 Å². The smallest absolute Gasteiger partial charge is 0.262 e. The van der Waals surface area contributed by atoms with Gasteiger partial charge in [-0.2, -0.15) is 0 Å². The van der Waals surface area contributed by atoms with Crippen LogP contribution in [0.2, 0.25) is 5.04 Å². The molecule has 5 aromatic rings. The molecule has 11 heteroatoms. The number of carbonyl (C=O) groups excluding carboxylic acids is 5. The molecule has 64 heavy (non-hydrogen) atoms. The molecule has 2 aliphatic heterocycles. The van der Waals surface area contributed by atoms with E-state index < -0.39 is 56.3 Å². The van der Waals surface area contributed by atoms with Crippen molar-refractivity contribution in [3.63, 3.8) is 0 Å². The maximum atomic E-state index is 14.3. The van der Waals surface area contributed by atoms with E-state index >= 15 is 0 Å². The van der Waals surface area contributed by atoms with E-state index in [9.17, 15) is 24.0 Å². The number of amides is 4. The molecule has 4 amide bonds. The van der Waals surface area contributed by atoms with E-state index in [1.165, 1.54) is 0 Å². The lowest BCUT2D eigenvalue weighted by atomic mass is 9.98. The molecule has 2 fully saturated rings. The summed E-state index contributed by atoms with van der Waals surface area (Å²) in [5.41, 5.74) is 1.70. The number of allylic oxidation sites excluding steroid dienone is 1. The minimum atomic E-state index is -2.97. The number of benzene rings is 5. The van der Waals surface area contributed by atoms with Crippen LogP contribution in [0.1, 0.15) is 70.9 Å². The Hall–Kier alpha value is -6.17. The van der Waals surface area contributed by atoms with Crippen molar-refractivity contribution in [3.8, 4) is 0 Å². The highest BCUT2D eigenvalue weighted by molar-refractivity contribution is 6.99. The molecule has 2 heterocycles. The molecule has 3 N–H and O–H groups in total. The fourth-order valence-electron chi connectivity index (χ4n) is 9.23. The monoisotopic (exact) mass is 876 g/mol. The lowest BCUT2D eigenvalue weighted by molar-refractivity contribution is -0.143. The quantitative estimate of drug-likeness (QED) is 0.0678. The number of fused-ring (bicyclic) bond motifs is 2. The number of rotatable bonds is 14. The predicted octanol–water partition coefficient (Wildman–Crippen LogP) is 6.34. The summed E-state index contributed by atoms with van der Waals surface area (Å²) in [4.78, 5) is 72.3. The molecule has 5 atom stereocenters. The molecular formula is C53H60N4O6Si. The number of unbranched alkanes of at least 4 members (excludes halogenated alkanes) is 1. The molecule has 332 valence electrons. The molecule has 7 rings (SSSR count). The van der Waals surface area contributed by atoms with Crippen LogP contribution in [0.5, 0.6) is 0 Å². The van der Waals surface area contributed by atoms with Gasteiger partial charge in [0.05, 0.1) is 0 Å². The van der Waals surface area contributed by atoms with Crippen molar-refractivity contribution in [1.29, 1.82) is 0 Å². The highest BCUT2D eigenvalue weighted by atomic mass is 28.4. The van der Waals surface area contributed by atoms with Gasteiger partial charge >= 0.3 is 0 Å². The first-order chi connectivity index (χ1) is 30.8. The van der Waals surface area contributed by atoms with Gasteiger partial charge in [-0.3, -0.25) is 24.0 Å². The van der Waals surface area contributed by atoms with Crippen LogP contribution in [0.15, 0.2) is 146 Å². The van der Waals surface area contributed by atoms with Gasteiger partial charge in [-0.25, -0.2) is 0 Å². The summed E-state index contributed by atoms with van der Waals surface area (Å²) in [6, 6.07) is 40.0. The van der Waals surface area contributed by atoms with Crippen LogP contribution in [-0.2, 0) is 41.2 Å². The molecular weight excluding hydrogens is 817 g/mol. The maximum Gasteiger partial charge on any atom is 0.262 e. The van der Waals surface area contributed by atoms with Crippen LogP contribution in [0.3, 0.4) is 0 Å². The van der Waals surface area contributed by atoms with Crippen LogP contribution in [-0.4, -0.2) is 79.4 Å². The number of nitrogens with one attached hydrogen (secondary N) is 3. The van der Waals surface area contributed by atoms with E-state index in [0.29, 0.717) is 32.2 Å². The van der Waals surface area contributed by atoms with Gasteiger partial charge in [-0.05, 0) is 82.4 Å². The van der Waals surface area contributed by atoms with E-state index in [4.69, 9.17) is 4.43 Å². The summed E-state index contributed by atoms with van der Waals surface area (Å²) in [6.07, 6.45) is 5.24. The van der Waals surface area contributed by atoms with Crippen molar-refractivity contribution in [3.05, 3.63) is 157 Å². The van der Waals surface area contributed by atoms with Gasteiger partial charge in [0.1, 0.15) is 30.3 Å². The third-order valence-electron chi connectivity index (χ3n) is 12.6. The summed E-state index contributed by atoms with van der Waals surface area (Å²) in [5, 5.41) is 12.9. The lowest BCUT2D eigenvalue weighted by Gasteiger charge is -2.44. The van der Waals surface area contributed by atoms with Crippen molar-refractivity contribution >= 4 is 58.9 Å². The fourth-order valence-corrected chi connectivity index (χ4v) is 13.9. The van der Waals surface area contributed by atoms with Gasteiger partial charge in [0, 0.05) is 19.4 Å². The van der Waals surface area contributed by atoms with E-state index in [1.54, 1.807) is 17.1 Å². The predicted molar refractivity (Wildman–Crippen MR) is 254 cm³/mol. The zero-order valence-corrected chi connectivity index (χ0v) is 38.3. The lowest BCUT2D eigenvalue weighted by Crippen LogP contribution is -2.68. The molecule has 0 saturated carbocycles. The molecule has 0 unspecified atom stereocenters. The summed E-state index contributed by atoms with van der Waals surface area (Å²) >= 11 is 0. The Bertz CT molecular complexity index is 2420. The number of carbonyl (C=O) groups is 5. The molecule has 5 aromatic carbocycles. The molecule has 2 saturated heterocycles. The minimum absolute atomic E-state index is 0.163. The Morgan fingerprint density at radius 3 is 1.92 bits per heavy atom. The second kappa shape index (κ2) is 20.6. The van der Waals surface area contributed by atoms with E-state index in [0.717, 1.165) is 32.3 Å². The molecule has 0 bridgehead atoms. The zero-order chi connectivity index (χ0) is 45.3. The zero-order valence-electron chi connectivity index (χ0n) is 37.3. The highest BCUT2D eigenvalue weighted by Gasteiger charge is 2.51. The van der Waals surface area contributed by atoms with Crippen LogP contribution in [0, 0.1) is 0 Å². The van der Waals surface area contributed by atoms with Crippen molar-refractivity contribution in [2.45, 2.75) is 108 Å². The van der Waals surface area contributed by atoms with E-state index in [1.807, 2.05) is 116 Å². The topological polar surface area (TPSA) is 134 Å². The van der Waals surface area contributed by atoms with E-state index in [-0.39, 0.29) is 36.0 Å². The number of hydrogen-bond acceptors (Lipinski definition) is 6. The number of hydrogen-bond donors (Lipinski definition) is 3.